The molecule has 1 aliphatic rings. The first-order valence-electron chi connectivity index (χ1n) is 5.54. The van der Waals surface area contributed by atoms with Crippen LogP contribution >= 0.6 is 0 Å². The first-order chi connectivity index (χ1) is 7.69. The summed E-state index contributed by atoms with van der Waals surface area (Å²) in [5.41, 5.74) is 0. The topological polar surface area (TPSA) is 56.1 Å². The normalized spacial score (nSPS) is 22.8. The fraction of sp³-hybridized carbons (Fsp3) is 0.667. The van der Waals surface area contributed by atoms with Crippen LogP contribution in [0.1, 0.15) is 19.8 Å². The lowest BCUT2D eigenvalue weighted by atomic mass is 9.98. The van der Waals surface area contributed by atoms with Crippen molar-refractivity contribution in [2.45, 2.75) is 25.8 Å². The van der Waals surface area contributed by atoms with E-state index in [-0.39, 0.29) is 24.4 Å². The summed E-state index contributed by atoms with van der Waals surface area (Å²) in [4.78, 5) is 13.7. The SMILES string of the molecule is C#CCNC(=O)C(C)N1CCCC(C#N)C1. The zero-order chi connectivity index (χ0) is 12.0. The van der Waals surface area contributed by atoms with Gasteiger partial charge in [0.15, 0.2) is 0 Å². The van der Waals surface area contributed by atoms with E-state index in [1.54, 1.807) is 0 Å². The third-order valence-corrected chi connectivity index (χ3v) is 2.93. The molecule has 1 heterocycles. The van der Waals surface area contributed by atoms with Gasteiger partial charge < -0.3 is 5.32 Å². The minimum atomic E-state index is -0.204. The van der Waals surface area contributed by atoms with Gasteiger partial charge in [0.05, 0.1) is 24.6 Å². The van der Waals surface area contributed by atoms with Crippen LogP contribution < -0.4 is 5.32 Å². The monoisotopic (exact) mass is 219 g/mol. The third-order valence-electron chi connectivity index (χ3n) is 2.93. The van der Waals surface area contributed by atoms with E-state index < -0.39 is 0 Å². The molecule has 86 valence electrons. The van der Waals surface area contributed by atoms with Crippen molar-refractivity contribution in [3.05, 3.63) is 0 Å². The van der Waals surface area contributed by atoms with Crippen molar-refractivity contribution in [2.75, 3.05) is 19.6 Å². The zero-order valence-corrected chi connectivity index (χ0v) is 9.57. The zero-order valence-electron chi connectivity index (χ0n) is 9.57. The summed E-state index contributed by atoms with van der Waals surface area (Å²) in [6.45, 7) is 3.67. The molecule has 0 bridgehead atoms. The molecule has 0 aliphatic carbocycles. The Kier molecular flexibility index (Phi) is 4.82. The molecule has 0 saturated carbocycles. The highest BCUT2D eigenvalue weighted by Crippen LogP contribution is 2.17. The van der Waals surface area contributed by atoms with Gasteiger partial charge in [-0.15, -0.1) is 6.42 Å². The maximum absolute atomic E-state index is 11.7. The number of amides is 1. The summed E-state index contributed by atoms with van der Waals surface area (Å²) in [7, 11) is 0. The van der Waals surface area contributed by atoms with Crippen molar-refractivity contribution in [3.63, 3.8) is 0 Å². The second kappa shape index (κ2) is 6.15. The molecule has 0 radical (unpaired) electrons. The molecule has 0 aromatic rings. The van der Waals surface area contributed by atoms with Gasteiger partial charge in [-0.1, -0.05) is 5.92 Å². The van der Waals surface area contributed by atoms with Crippen molar-refractivity contribution in [2.24, 2.45) is 5.92 Å². The Hall–Kier alpha value is -1.52. The fourth-order valence-electron chi connectivity index (χ4n) is 1.92. The van der Waals surface area contributed by atoms with Gasteiger partial charge in [0, 0.05) is 6.54 Å². The summed E-state index contributed by atoms with van der Waals surface area (Å²) in [6.07, 6.45) is 6.99. The van der Waals surface area contributed by atoms with Crippen LogP contribution in [0.15, 0.2) is 0 Å². The van der Waals surface area contributed by atoms with Gasteiger partial charge in [0.25, 0.3) is 0 Å². The molecule has 1 amide bonds. The number of piperidine rings is 1. The summed E-state index contributed by atoms with van der Waals surface area (Å²) in [5, 5.41) is 11.5. The number of hydrogen-bond donors (Lipinski definition) is 1. The molecule has 1 aliphatic heterocycles. The van der Waals surface area contributed by atoms with Crippen molar-refractivity contribution >= 4 is 5.91 Å². The first kappa shape index (κ1) is 12.5. The Balaban J connectivity index is 2.47. The van der Waals surface area contributed by atoms with Crippen molar-refractivity contribution in [3.8, 4) is 18.4 Å². The van der Waals surface area contributed by atoms with Crippen LogP contribution in [0.3, 0.4) is 0 Å². The summed E-state index contributed by atoms with van der Waals surface area (Å²) in [5.74, 6) is 2.37. The largest absolute Gasteiger partial charge is 0.344 e. The molecule has 4 nitrogen and oxygen atoms in total. The van der Waals surface area contributed by atoms with Gasteiger partial charge in [-0.25, -0.2) is 0 Å². The lowest BCUT2D eigenvalue weighted by Crippen LogP contribution is -2.49. The van der Waals surface area contributed by atoms with E-state index in [1.807, 2.05) is 11.8 Å². The molecule has 2 atom stereocenters. The standard InChI is InChI=1S/C12H17N3O/c1-3-6-14-12(16)10(2)15-7-4-5-11(8-13)9-15/h1,10-11H,4-7,9H2,2H3,(H,14,16). The summed E-state index contributed by atoms with van der Waals surface area (Å²) >= 11 is 0. The van der Waals surface area contributed by atoms with Crippen LogP contribution in [-0.4, -0.2) is 36.5 Å². The second-order valence-corrected chi connectivity index (χ2v) is 4.06. The maximum Gasteiger partial charge on any atom is 0.237 e. The highest BCUT2D eigenvalue weighted by molar-refractivity contribution is 5.81. The van der Waals surface area contributed by atoms with E-state index in [0.717, 1.165) is 19.4 Å². The van der Waals surface area contributed by atoms with E-state index in [4.69, 9.17) is 11.7 Å². The number of terminal acetylenes is 1. The molecule has 1 fully saturated rings. The third kappa shape index (κ3) is 3.25. The molecular formula is C12H17N3O. The average molecular weight is 219 g/mol. The number of carbonyl (C=O) groups is 1. The smallest absolute Gasteiger partial charge is 0.237 e. The summed E-state index contributed by atoms with van der Waals surface area (Å²) in [6, 6.07) is 2.06. The molecule has 4 heteroatoms. The van der Waals surface area contributed by atoms with Crippen LogP contribution in [0.25, 0.3) is 0 Å². The lowest BCUT2D eigenvalue weighted by Gasteiger charge is -2.33. The maximum atomic E-state index is 11.7. The van der Waals surface area contributed by atoms with E-state index in [2.05, 4.69) is 17.3 Å². The quantitative estimate of drug-likeness (QED) is 0.697. The van der Waals surface area contributed by atoms with Gasteiger partial charge in [-0.3, -0.25) is 9.69 Å². The molecule has 0 aromatic carbocycles. The van der Waals surface area contributed by atoms with Crippen LogP contribution in [0.2, 0.25) is 0 Å². The Bertz CT molecular complexity index is 326. The number of rotatable bonds is 3. The van der Waals surface area contributed by atoms with Gasteiger partial charge >= 0.3 is 0 Å². The number of carbonyl (C=O) groups excluding carboxylic acids is 1. The molecule has 0 spiro atoms. The highest BCUT2D eigenvalue weighted by Gasteiger charge is 2.26. The van der Waals surface area contributed by atoms with E-state index in [9.17, 15) is 4.79 Å². The molecule has 1 saturated heterocycles. The van der Waals surface area contributed by atoms with Crippen molar-refractivity contribution in [1.82, 2.24) is 10.2 Å². The minimum Gasteiger partial charge on any atom is -0.344 e. The van der Waals surface area contributed by atoms with E-state index in [0.29, 0.717) is 6.54 Å². The Morgan fingerprint density at radius 1 is 1.75 bits per heavy atom. The number of nitrogens with zero attached hydrogens (tertiary/aromatic N) is 2. The number of nitrogens with one attached hydrogen (secondary N) is 1. The molecule has 1 rings (SSSR count). The molecular weight excluding hydrogens is 202 g/mol. The highest BCUT2D eigenvalue weighted by atomic mass is 16.2. The second-order valence-electron chi connectivity index (χ2n) is 4.06. The molecule has 16 heavy (non-hydrogen) atoms. The van der Waals surface area contributed by atoms with Gasteiger partial charge in [0.2, 0.25) is 5.91 Å². The van der Waals surface area contributed by atoms with Gasteiger partial charge in [-0.2, -0.15) is 5.26 Å². The predicted octanol–water partition coefficient (Wildman–Crippen LogP) is 0.360. The predicted molar refractivity (Wildman–Crippen MR) is 61.2 cm³/mol. The van der Waals surface area contributed by atoms with Crippen LogP contribution in [0.4, 0.5) is 0 Å². The first-order valence-corrected chi connectivity index (χ1v) is 5.54. The van der Waals surface area contributed by atoms with E-state index in [1.165, 1.54) is 0 Å². The Morgan fingerprint density at radius 2 is 2.50 bits per heavy atom. The number of hydrogen-bond acceptors (Lipinski definition) is 3. The number of nitriles is 1. The van der Waals surface area contributed by atoms with E-state index >= 15 is 0 Å². The van der Waals surface area contributed by atoms with Crippen LogP contribution in [-0.2, 0) is 4.79 Å². The van der Waals surface area contributed by atoms with Gasteiger partial charge in [-0.05, 0) is 26.3 Å². The molecule has 1 N–H and O–H groups in total. The minimum absolute atomic E-state index is 0.0524. The average Bonchev–Trinajstić information content (AvgIpc) is 2.35. The Morgan fingerprint density at radius 3 is 3.12 bits per heavy atom. The van der Waals surface area contributed by atoms with Gasteiger partial charge in [0.1, 0.15) is 0 Å². The fourth-order valence-corrected chi connectivity index (χ4v) is 1.92. The lowest BCUT2D eigenvalue weighted by molar-refractivity contribution is -0.126. The molecule has 0 aromatic heterocycles. The number of likely N-dealkylation sites (tertiary alicyclic amines) is 1. The Labute approximate surface area is 96.6 Å². The van der Waals surface area contributed by atoms with Crippen LogP contribution in [0.5, 0.6) is 0 Å². The molecule has 2 unspecified atom stereocenters. The van der Waals surface area contributed by atoms with Crippen molar-refractivity contribution < 1.29 is 4.79 Å². The summed E-state index contributed by atoms with van der Waals surface area (Å²) < 4.78 is 0. The van der Waals surface area contributed by atoms with Crippen LogP contribution in [0, 0.1) is 29.6 Å². The van der Waals surface area contributed by atoms with Crippen molar-refractivity contribution in [1.29, 1.82) is 5.26 Å².